The Bertz CT molecular complexity index is 2540. The van der Waals surface area contributed by atoms with Crippen LogP contribution in [0.25, 0.3) is 34.2 Å². The summed E-state index contributed by atoms with van der Waals surface area (Å²) < 4.78 is 97.2. The molecule has 17 nitrogen and oxygen atoms in total. The van der Waals surface area contributed by atoms with E-state index in [0.717, 1.165) is 34.1 Å². The number of imide groups is 2. The minimum absolute atomic E-state index is 0.127. The van der Waals surface area contributed by atoms with Gasteiger partial charge in [0.15, 0.2) is 24.1 Å². The maximum Gasteiger partial charge on any atom is 0.573 e. The molecule has 340 valence electrons. The van der Waals surface area contributed by atoms with Gasteiger partial charge in [-0.2, -0.15) is 0 Å². The van der Waals surface area contributed by atoms with Gasteiger partial charge in [0.1, 0.15) is 24.2 Å². The summed E-state index contributed by atoms with van der Waals surface area (Å²) in [6.07, 6.45) is -12.2. The van der Waals surface area contributed by atoms with Crippen LogP contribution in [0.5, 0.6) is 11.5 Å². The van der Waals surface area contributed by atoms with Crippen molar-refractivity contribution in [3.8, 4) is 45.6 Å². The molecule has 2 atom stereocenters. The summed E-state index contributed by atoms with van der Waals surface area (Å²) in [5.74, 6) is -2.71. The number of alkyl halides is 6. The Labute approximate surface area is 368 Å². The number of likely N-dealkylation sites (tertiary alicyclic amines) is 2. The lowest BCUT2D eigenvalue weighted by Gasteiger charge is -2.29. The molecule has 0 N–H and O–H groups in total. The van der Waals surface area contributed by atoms with Crippen molar-refractivity contribution < 1.29 is 69.3 Å². The van der Waals surface area contributed by atoms with Gasteiger partial charge < -0.3 is 18.9 Å². The van der Waals surface area contributed by atoms with Gasteiger partial charge in [-0.15, -0.1) is 36.5 Å². The minimum Gasteiger partial charge on any atom is -0.409 e. The van der Waals surface area contributed by atoms with Gasteiger partial charge >= 0.3 is 18.9 Å². The lowest BCUT2D eigenvalue weighted by atomic mass is 10.1. The Hall–Kier alpha value is -8.11. The third kappa shape index (κ3) is 10.6. The van der Waals surface area contributed by atoms with Crippen molar-refractivity contribution in [3.05, 3.63) is 121 Å². The molecule has 4 aromatic carbocycles. The second-order valence-electron chi connectivity index (χ2n) is 14.6. The second-order valence-corrected chi connectivity index (χ2v) is 14.6. The van der Waals surface area contributed by atoms with E-state index in [1.807, 2.05) is 0 Å². The highest BCUT2D eigenvalue weighted by Gasteiger charge is 2.41. The molecule has 0 saturated carbocycles. The van der Waals surface area contributed by atoms with Crippen LogP contribution >= 0.6 is 0 Å². The van der Waals surface area contributed by atoms with Crippen LogP contribution < -0.4 is 9.47 Å². The number of hydrogen-bond acceptors (Lipinski definition) is 13. The molecule has 6 aromatic rings. The number of nitrogens with zero attached hydrogens (tertiary/aromatic N) is 8. The van der Waals surface area contributed by atoms with Gasteiger partial charge in [0.2, 0.25) is 23.6 Å². The summed E-state index contributed by atoms with van der Waals surface area (Å²) in [4.78, 5) is 75.3. The number of ether oxygens (including phenoxy) is 4. The largest absolute Gasteiger partial charge is 0.573 e. The fourth-order valence-electron chi connectivity index (χ4n) is 7.07. The van der Waals surface area contributed by atoms with E-state index in [9.17, 15) is 50.3 Å². The molecule has 2 unspecified atom stereocenters. The lowest BCUT2D eigenvalue weighted by molar-refractivity contribution is -0.275. The van der Waals surface area contributed by atoms with Gasteiger partial charge in [-0.3, -0.25) is 19.2 Å². The lowest BCUT2D eigenvalue weighted by Crippen LogP contribution is -2.47. The number of carbonyl (C=O) groups is 5. The van der Waals surface area contributed by atoms with Gasteiger partial charge in [0, 0.05) is 49.7 Å². The summed E-state index contributed by atoms with van der Waals surface area (Å²) in [5, 5.41) is 8.76. The minimum atomic E-state index is -4.85. The first kappa shape index (κ1) is 44.5. The Balaban J connectivity index is 0.944. The fourth-order valence-corrected chi connectivity index (χ4v) is 7.07. The van der Waals surface area contributed by atoms with Crippen LogP contribution in [0.4, 0.5) is 31.1 Å². The van der Waals surface area contributed by atoms with Crippen molar-refractivity contribution >= 4 is 29.8 Å². The van der Waals surface area contributed by atoms with Crippen molar-refractivity contribution in [1.29, 1.82) is 0 Å². The molecule has 8 rings (SSSR count). The average molecular weight is 919 g/mol. The molecule has 23 heteroatoms. The van der Waals surface area contributed by atoms with E-state index in [2.05, 4.69) is 29.6 Å². The van der Waals surface area contributed by atoms with Gasteiger partial charge in [-0.05, 0) is 59.7 Å². The summed E-state index contributed by atoms with van der Waals surface area (Å²) in [6.45, 7) is 0. The maximum atomic E-state index is 13.6. The van der Waals surface area contributed by atoms with Crippen LogP contribution in [0.1, 0.15) is 36.8 Å². The predicted octanol–water partition coefficient (Wildman–Crippen LogP) is 6.87. The molecule has 2 saturated heterocycles. The predicted molar refractivity (Wildman–Crippen MR) is 212 cm³/mol. The van der Waals surface area contributed by atoms with E-state index in [-0.39, 0.29) is 50.2 Å². The average Bonchev–Trinajstić information content (AvgIpc) is 4.09. The van der Waals surface area contributed by atoms with E-state index < -0.39 is 66.5 Å². The number of aromatic nitrogens is 6. The smallest absolute Gasteiger partial charge is 0.409 e. The van der Waals surface area contributed by atoms with Gasteiger partial charge in [-0.1, -0.05) is 48.5 Å². The molecule has 2 aliphatic heterocycles. The molecule has 2 aliphatic rings. The zero-order valence-corrected chi connectivity index (χ0v) is 33.8. The highest BCUT2D eigenvalue weighted by atomic mass is 19.4. The SMILES string of the molecule is O=C(OC(Cc1ccc(-c2ncn(-c3ccc(OC(F)(F)F)cc3)n2)cc1)N1C(=O)CCC1=O)OC(Cc1ccc(-c2ncn(-c3ccc(OC(F)(F)F)cc3)n2)cc1)N1C(=O)CCC1=O. The molecular formula is C43H32F6N8O9. The molecule has 0 spiro atoms. The van der Waals surface area contributed by atoms with Crippen molar-refractivity contribution in [2.75, 3.05) is 0 Å². The Morgan fingerprint density at radius 1 is 0.515 bits per heavy atom. The van der Waals surface area contributed by atoms with Crippen molar-refractivity contribution in [3.63, 3.8) is 0 Å². The fraction of sp³-hybridized carbons (Fsp3) is 0.233. The quantitative estimate of drug-likeness (QED) is 0.0626. The third-order valence-electron chi connectivity index (χ3n) is 10.1. The molecule has 2 fully saturated rings. The first-order chi connectivity index (χ1) is 31.4. The Morgan fingerprint density at radius 2 is 0.848 bits per heavy atom. The summed E-state index contributed by atoms with van der Waals surface area (Å²) >= 11 is 0. The van der Waals surface area contributed by atoms with Crippen molar-refractivity contribution in [2.24, 2.45) is 0 Å². The van der Waals surface area contributed by atoms with E-state index in [1.165, 1.54) is 46.3 Å². The number of halogens is 6. The number of benzene rings is 4. The van der Waals surface area contributed by atoms with Crippen LogP contribution in [0.2, 0.25) is 0 Å². The molecule has 0 aliphatic carbocycles. The maximum absolute atomic E-state index is 13.6. The van der Waals surface area contributed by atoms with E-state index in [0.29, 0.717) is 33.6 Å². The van der Waals surface area contributed by atoms with Crippen LogP contribution in [0.15, 0.2) is 110 Å². The second kappa shape index (κ2) is 18.2. The molecule has 4 heterocycles. The highest BCUT2D eigenvalue weighted by Crippen LogP contribution is 2.28. The van der Waals surface area contributed by atoms with E-state index in [4.69, 9.17) is 9.47 Å². The topological polar surface area (TPSA) is 190 Å². The number of carbonyl (C=O) groups excluding carboxylic acids is 5. The van der Waals surface area contributed by atoms with Crippen LogP contribution in [-0.4, -0.2) is 94.3 Å². The number of amides is 4. The molecule has 2 aromatic heterocycles. The van der Waals surface area contributed by atoms with Gasteiger partial charge in [0.25, 0.3) is 0 Å². The zero-order valence-electron chi connectivity index (χ0n) is 33.8. The van der Waals surface area contributed by atoms with E-state index in [1.54, 1.807) is 48.5 Å². The Kier molecular flexibility index (Phi) is 12.3. The standard InChI is InChI=1S/C43H32F6N8O9/c44-42(45,46)65-31-13-9-29(10-14-31)54-23-50-39(52-54)27-5-1-25(2-6-27)21-37(56-33(58)17-18-34(56)59)63-41(62)64-38(57-35(60)19-20-36(57)61)22-26-3-7-28(8-4-26)40-51-24-55(53-40)30-11-15-32(16-12-30)66-43(47,48)49/h1-16,23-24,37-38H,17-22H2. The van der Waals surface area contributed by atoms with Crippen LogP contribution in [0, 0.1) is 0 Å². The van der Waals surface area contributed by atoms with Crippen molar-refractivity contribution in [1.82, 2.24) is 39.3 Å². The molecule has 66 heavy (non-hydrogen) atoms. The van der Waals surface area contributed by atoms with Crippen LogP contribution in [0.3, 0.4) is 0 Å². The monoisotopic (exact) mass is 918 g/mol. The first-order valence-corrected chi connectivity index (χ1v) is 19.8. The Morgan fingerprint density at radius 3 is 1.17 bits per heavy atom. The molecule has 4 amide bonds. The summed E-state index contributed by atoms with van der Waals surface area (Å²) in [6, 6.07) is 23.0. The summed E-state index contributed by atoms with van der Waals surface area (Å²) in [5.41, 5.74) is 2.85. The number of hydrogen-bond donors (Lipinski definition) is 0. The zero-order chi connectivity index (χ0) is 46.8. The first-order valence-electron chi connectivity index (χ1n) is 19.8. The van der Waals surface area contributed by atoms with Crippen LogP contribution in [-0.2, 0) is 41.5 Å². The molecule has 0 radical (unpaired) electrons. The van der Waals surface area contributed by atoms with E-state index >= 15 is 0 Å². The van der Waals surface area contributed by atoms with Gasteiger partial charge in [-0.25, -0.2) is 33.9 Å². The van der Waals surface area contributed by atoms with Gasteiger partial charge in [0.05, 0.1) is 11.4 Å². The molecular weight excluding hydrogens is 887 g/mol. The third-order valence-corrected chi connectivity index (χ3v) is 10.1. The normalized spacial score (nSPS) is 15.3. The highest BCUT2D eigenvalue weighted by molar-refractivity contribution is 6.03. The summed E-state index contributed by atoms with van der Waals surface area (Å²) in [7, 11) is 0. The molecule has 0 bridgehead atoms. The number of rotatable bonds is 14. The van der Waals surface area contributed by atoms with Crippen molar-refractivity contribution in [2.45, 2.75) is 63.7 Å².